The highest BCUT2D eigenvalue weighted by Crippen LogP contribution is 2.19. The van der Waals surface area contributed by atoms with Gasteiger partial charge in [-0.05, 0) is 56.0 Å². The van der Waals surface area contributed by atoms with E-state index < -0.39 is 8.32 Å². The van der Waals surface area contributed by atoms with Crippen molar-refractivity contribution >= 4 is 25.7 Å². The zero-order valence-corrected chi connectivity index (χ0v) is 13.4. The highest BCUT2D eigenvalue weighted by molar-refractivity contribution is 6.71. The van der Waals surface area contributed by atoms with Crippen molar-refractivity contribution in [3.63, 3.8) is 0 Å². The number of carbonyl (C=O) groups excluding carboxylic acids is 1. The third-order valence-electron chi connectivity index (χ3n) is 2.54. The molecule has 0 bridgehead atoms. The summed E-state index contributed by atoms with van der Waals surface area (Å²) in [6.45, 7) is 5.94. The first-order valence-electron chi connectivity index (χ1n) is 6.74. The van der Waals surface area contributed by atoms with Gasteiger partial charge in [0.25, 0.3) is 0 Å². The fraction of sp³-hybridized carbons (Fsp3) is 0.188. The van der Waals surface area contributed by atoms with E-state index in [-0.39, 0.29) is 5.97 Å². The smallest absolute Gasteiger partial charge is 0.324 e. The zero-order valence-electron chi connectivity index (χ0n) is 12.4. The summed E-state index contributed by atoms with van der Waals surface area (Å²) in [5.74, 6) is -0.277. The van der Waals surface area contributed by atoms with Crippen molar-refractivity contribution in [3.8, 4) is 0 Å². The van der Waals surface area contributed by atoms with Gasteiger partial charge in [0.15, 0.2) is 0 Å². The molecule has 0 fully saturated rings. The Morgan fingerprint density at radius 1 is 0.857 bits per heavy atom. The van der Waals surface area contributed by atoms with Crippen molar-refractivity contribution < 1.29 is 9.22 Å². The van der Waals surface area contributed by atoms with Crippen LogP contribution in [-0.4, -0.2) is 14.3 Å². The van der Waals surface area contributed by atoms with Crippen molar-refractivity contribution in [2.24, 2.45) is 10.2 Å². The Morgan fingerprint density at radius 2 is 1.38 bits per heavy atom. The molecule has 0 aliphatic rings. The molecule has 0 heterocycles. The number of benzene rings is 2. The summed E-state index contributed by atoms with van der Waals surface area (Å²) in [5, 5.41) is 8.26. The fourth-order valence-corrected chi connectivity index (χ4v) is 2.29. The number of carbonyl (C=O) groups is 1. The van der Waals surface area contributed by atoms with Crippen LogP contribution in [0.5, 0.6) is 0 Å². The normalized spacial score (nSPS) is 11.6. The molecule has 0 saturated heterocycles. The maximum Gasteiger partial charge on any atom is 0.324 e. The summed E-state index contributed by atoms with van der Waals surface area (Å²) in [7, 11) is -1.87. The minimum atomic E-state index is -1.87. The lowest BCUT2D eigenvalue weighted by molar-refractivity contribution is 0.0724. The molecule has 0 saturated carbocycles. The highest BCUT2D eigenvalue weighted by Gasteiger charge is 2.20. The fourth-order valence-electron chi connectivity index (χ4n) is 1.61. The Bertz CT molecular complexity index is 632. The number of rotatable bonds is 4. The van der Waals surface area contributed by atoms with Gasteiger partial charge in [-0.3, -0.25) is 0 Å². The van der Waals surface area contributed by atoms with E-state index in [1.807, 2.05) is 50.0 Å². The molecule has 2 rings (SSSR count). The molecule has 0 aliphatic heterocycles. The SMILES string of the molecule is C[Si](C)(C)OC(=O)c1ccc(N=Nc2ccccc2)cc1. The Kier molecular flexibility index (Phi) is 4.65. The molecule has 0 aromatic heterocycles. The quantitative estimate of drug-likeness (QED) is 0.583. The molecule has 2 aromatic rings. The zero-order chi connectivity index (χ0) is 15.3. The molecule has 0 unspecified atom stereocenters. The molecule has 0 N–H and O–H groups in total. The molecule has 21 heavy (non-hydrogen) atoms. The predicted molar refractivity (Wildman–Crippen MR) is 85.8 cm³/mol. The van der Waals surface area contributed by atoms with Crippen molar-refractivity contribution in [3.05, 3.63) is 60.2 Å². The lowest BCUT2D eigenvalue weighted by Gasteiger charge is -2.17. The second-order valence-electron chi connectivity index (χ2n) is 5.58. The number of nitrogens with zero attached hydrogens (tertiary/aromatic N) is 2. The molecule has 0 aliphatic carbocycles. The van der Waals surface area contributed by atoms with Gasteiger partial charge in [-0.25, -0.2) is 4.79 Å². The average Bonchev–Trinajstić information content (AvgIpc) is 2.45. The van der Waals surface area contributed by atoms with Crippen molar-refractivity contribution in [1.82, 2.24) is 0 Å². The van der Waals surface area contributed by atoms with Crippen LogP contribution < -0.4 is 0 Å². The number of azo groups is 1. The van der Waals surface area contributed by atoms with Crippen LogP contribution in [0.3, 0.4) is 0 Å². The highest BCUT2D eigenvalue weighted by atomic mass is 28.4. The van der Waals surface area contributed by atoms with E-state index in [0.29, 0.717) is 11.3 Å². The topological polar surface area (TPSA) is 51.0 Å². The monoisotopic (exact) mass is 298 g/mol. The van der Waals surface area contributed by atoms with Crippen LogP contribution >= 0.6 is 0 Å². The molecule has 0 radical (unpaired) electrons. The van der Waals surface area contributed by atoms with Gasteiger partial charge < -0.3 is 4.43 Å². The maximum atomic E-state index is 11.9. The first-order valence-corrected chi connectivity index (χ1v) is 10.1. The Labute approximate surface area is 125 Å². The van der Waals surface area contributed by atoms with Gasteiger partial charge in [0.1, 0.15) is 0 Å². The van der Waals surface area contributed by atoms with Crippen LogP contribution in [0.4, 0.5) is 11.4 Å². The summed E-state index contributed by atoms with van der Waals surface area (Å²) in [6.07, 6.45) is 0. The van der Waals surface area contributed by atoms with Gasteiger partial charge in [0.05, 0.1) is 16.9 Å². The summed E-state index contributed by atoms with van der Waals surface area (Å²) in [4.78, 5) is 11.9. The molecule has 4 nitrogen and oxygen atoms in total. The van der Waals surface area contributed by atoms with Crippen LogP contribution in [0.1, 0.15) is 10.4 Å². The van der Waals surface area contributed by atoms with E-state index in [1.54, 1.807) is 24.3 Å². The van der Waals surface area contributed by atoms with E-state index in [9.17, 15) is 4.79 Å². The molecule has 0 spiro atoms. The van der Waals surface area contributed by atoms with Gasteiger partial charge in [-0.2, -0.15) is 10.2 Å². The third kappa shape index (κ3) is 4.96. The number of hydrogen-bond donors (Lipinski definition) is 0. The molecule has 108 valence electrons. The summed E-state index contributed by atoms with van der Waals surface area (Å²) >= 11 is 0. The molecule has 0 atom stereocenters. The summed E-state index contributed by atoms with van der Waals surface area (Å²) in [5.41, 5.74) is 2.03. The lowest BCUT2D eigenvalue weighted by Crippen LogP contribution is -2.29. The molecule has 0 amide bonds. The van der Waals surface area contributed by atoms with Crippen molar-refractivity contribution in [1.29, 1.82) is 0 Å². The molecule has 5 heteroatoms. The van der Waals surface area contributed by atoms with E-state index in [2.05, 4.69) is 10.2 Å². The Morgan fingerprint density at radius 3 is 1.90 bits per heavy atom. The van der Waals surface area contributed by atoms with Gasteiger partial charge in [0.2, 0.25) is 8.32 Å². The van der Waals surface area contributed by atoms with E-state index >= 15 is 0 Å². The maximum absolute atomic E-state index is 11.9. The first kappa shape index (κ1) is 15.1. The van der Waals surface area contributed by atoms with E-state index in [0.717, 1.165) is 5.69 Å². The largest absolute Gasteiger partial charge is 0.516 e. The van der Waals surface area contributed by atoms with Crippen LogP contribution in [0, 0.1) is 0 Å². The molecular formula is C16H18N2O2Si. The van der Waals surface area contributed by atoms with Gasteiger partial charge in [0, 0.05) is 0 Å². The van der Waals surface area contributed by atoms with Crippen LogP contribution in [0.2, 0.25) is 19.6 Å². The number of hydrogen-bond acceptors (Lipinski definition) is 4. The van der Waals surface area contributed by atoms with E-state index in [4.69, 9.17) is 4.43 Å². The second kappa shape index (κ2) is 6.45. The second-order valence-corrected chi connectivity index (χ2v) is 10.0. The summed E-state index contributed by atoms with van der Waals surface area (Å²) < 4.78 is 5.44. The standard InChI is InChI=1S/C16H18N2O2Si/c1-21(2,3)20-16(19)13-9-11-15(12-10-13)18-17-14-7-5-4-6-8-14/h4-12H,1-3H3. The molecule has 2 aromatic carbocycles. The van der Waals surface area contributed by atoms with E-state index in [1.165, 1.54) is 0 Å². The first-order chi connectivity index (χ1) is 9.94. The van der Waals surface area contributed by atoms with Crippen molar-refractivity contribution in [2.45, 2.75) is 19.6 Å². The van der Waals surface area contributed by atoms with Crippen LogP contribution in [-0.2, 0) is 4.43 Å². The average molecular weight is 298 g/mol. The van der Waals surface area contributed by atoms with Crippen LogP contribution in [0.25, 0.3) is 0 Å². The minimum Gasteiger partial charge on any atom is -0.516 e. The van der Waals surface area contributed by atoms with Crippen molar-refractivity contribution in [2.75, 3.05) is 0 Å². The van der Waals surface area contributed by atoms with Gasteiger partial charge >= 0.3 is 5.97 Å². The lowest BCUT2D eigenvalue weighted by atomic mass is 10.2. The predicted octanol–water partition coefficient (Wildman–Crippen LogP) is 5.09. The minimum absolute atomic E-state index is 0.277. The Balaban J connectivity index is 2.06. The van der Waals surface area contributed by atoms with Crippen LogP contribution in [0.15, 0.2) is 64.8 Å². The summed E-state index contributed by atoms with van der Waals surface area (Å²) in [6, 6.07) is 16.4. The Hall–Kier alpha value is -2.27. The molecular weight excluding hydrogens is 280 g/mol. The van der Waals surface area contributed by atoms with Gasteiger partial charge in [-0.1, -0.05) is 18.2 Å². The third-order valence-corrected chi connectivity index (χ3v) is 3.34. The van der Waals surface area contributed by atoms with Gasteiger partial charge in [-0.15, -0.1) is 0 Å².